The number of carbonyl (C=O) groups excluding carboxylic acids is 1. The number of hydroxylamine groups is 1. The van der Waals surface area contributed by atoms with Crippen LogP contribution in [0.5, 0.6) is 0 Å². The summed E-state index contributed by atoms with van der Waals surface area (Å²) in [6.07, 6.45) is 0. The van der Waals surface area contributed by atoms with Gasteiger partial charge in [-0.2, -0.15) is 4.31 Å². The van der Waals surface area contributed by atoms with Gasteiger partial charge in [0.1, 0.15) is 6.04 Å². The van der Waals surface area contributed by atoms with E-state index in [0.29, 0.717) is 10.6 Å². The number of sulfonamides is 1. The van der Waals surface area contributed by atoms with Crippen molar-refractivity contribution in [1.29, 1.82) is 0 Å². The summed E-state index contributed by atoms with van der Waals surface area (Å²) >= 11 is 6.11. The lowest BCUT2D eigenvalue weighted by Crippen LogP contribution is -2.46. The number of nitrogens with zero attached hydrogens (tertiary/aromatic N) is 1. The normalized spacial score (nSPS) is 12.8. The summed E-state index contributed by atoms with van der Waals surface area (Å²) in [7, 11) is -3.97. The Morgan fingerprint density at radius 1 is 1.17 bits per heavy atom. The molecule has 0 bridgehead atoms. The Morgan fingerprint density at radius 2 is 1.75 bits per heavy atom. The van der Waals surface area contributed by atoms with Crippen LogP contribution in [0.4, 0.5) is 0 Å². The molecule has 1 amide bonds. The van der Waals surface area contributed by atoms with Crippen molar-refractivity contribution in [2.75, 3.05) is 0 Å². The monoisotopic (exact) mass is 368 g/mol. The molecule has 24 heavy (non-hydrogen) atoms. The van der Waals surface area contributed by atoms with Crippen LogP contribution in [0.25, 0.3) is 0 Å². The zero-order chi connectivity index (χ0) is 17.7. The molecule has 0 radical (unpaired) electrons. The maximum Gasteiger partial charge on any atom is 0.261 e. The number of benzene rings is 2. The fourth-order valence-electron chi connectivity index (χ4n) is 2.18. The second kappa shape index (κ2) is 7.76. The Kier molecular flexibility index (Phi) is 5.95. The molecule has 0 aliphatic heterocycles. The quantitative estimate of drug-likeness (QED) is 0.605. The maximum atomic E-state index is 12.9. The third-order valence-corrected chi connectivity index (χ3v) is 5.85. The van der Waals surface area contributed by atoms with Crippen molar-refractivity contribution in [1.82, 2.24) is 9.79 Å². The Labute approximate surface area is 145 Å². The molecule has 2 rings (SSSR count). The second-order valence-corrected chi connectivity index (χ2v) is 7.40. The Bertz CT molecular complexity index is 812. The van der Waals surface area contributed by atoms with E-state index in [1.54, 1.807) is 42.5 Å². The van der Waals surface area contributed by atoms with Gasteiger partial charge in [0.25, 0.3) is 5.91 Å². The molecule has 0 aliphatic rings. The lowest BCUT2D eigenvalue weighted by Gasteiger charge is -2.27. The van der Waals surface area contributed by atoms with Crippen molar-refractivity contribution in [3.05, 3.63) is 65.2 Å². The van der Waals surface area contributed by atoms with Crippen LogP contribution >= 0.6 is 11.6 Å². The fourth-order valence-corrected chi connectivity index (χ4v) is 3.97. The number of halogens is 1. The first-order chi connectivity index (χ1) is 11.4. The van der Waals surface area contributed by atoms with E-state index in [1.807, 2.05) is 0 Å². The zero-order valence-corrected chi connectivity index (χ0v) is 14.5. The number of hydrogen-bond donors (Lipinski definition) is 2. The first-order valence-electron chi connectivity index (χ1n) is 7.12. The lowest BCUT2D eigenvalue weighted by molar-refractivity contribution is -0.132. The van der Waals surface area contributed by atoms with E-state index in [4.69, 9.17) is 16.8 Å². The first kappa shape index (κ1) is 18.4. The van der Waals surface area contributed by atoms with Crippen molar-refractivity contribution in [3.8, 4) is 0 Å². The molecule has 0 aromatic heterocycles. The Morgan fingerprint density at radius 3 is 2.33 bits per heavy atom. The highest BCUT2D eigenvalue weighted by molar-refractivity contribution is 7.89. The molecule has 2 N–H and O–H groups in total. The average Bonchev–Trinajstić information content (AvgIpc) is 2.60. The number of carbonyl (C=O) groups is 1. The molecule has 6 nitrogen and oxygen atoms in total. The standard InChI is InChI=1S/C16H17ClN2O4S/c1-12(16(20)18-21)19(11-13-7-5-6-10-15(13)17)24(22,23)14-8-3-2-4-9-14/h2-10,12,21H,11H2,1H3,(H,18,20). The minimum atomic E-state index is -3.97. The average molecular weight is 369 g/mol. The highest BCUT2D eigenvalue weighted by atomic mass is 35.5. The van der Waals surface area contributed by atoms with Crippen molar-refractivity contribution >= 4 is 27.5 Å². The minimum Gasteiger partial charge on any atom is -0.289 e. The van der Waals surface area contributed by atoms with Gasteiger partial charge in [-0.15, -0.1) is 0 Å². The molecule has 0 fully saturated rings. The van der Waals surface area contributed by atoms with Gasteiger partial charge in [-0.05, 0) is 30.7 Å². The molecule has 0 spiro atoms. The summed E-state index contributed by atoms with van der Waals surface area (Å²) in [6, 6.07) is 13.4. The molecule has 2 aromatic carbocycles. The number of rotatable bonds is 6. The zero-order valence-electron chi connectivity index (χ0n) is 12.9. The van der Waals surface area contributed by atoms with Crippen LogP contribution in [-0.2, 0) is 21.4 Å². The van der Waals surface area contributed by atoms with Gasteiger partial charge in [-0.3, -0.25) is 10.0 Å². The van der Waals surface area contributed by atoms with Crippen LogP contribution < -0.4 is 5.48 Å². The number of hydrogen-bond acceptors (Lipinski definition) is 4. The van der Waals surface area contributed by atoms with E-state index in [9.17, 15) is 13.2 Å². The van der Waals surface area contributed by atoms with Crippen LogP contribution in [0.3, 0.4) is 0 Å². The van der Waals surface area contributed by atoms with Gasteiger partial charge >= 0.3 is 0 Å². The van der Waals surface area contributed by atoms with Crippen LogP contribution in [0.15, 0.2) is 59.5 Å². The summed E-state index contributed by atoms with van der Waals surface area (Å²) in [6.45, 7) is 1.29. The Hall–Kier alpha value is -1.93. The van der Waals surface area contributed by atoms with Gasteiger partial charge in [-0.1, -0.05) is 48.0 Å². The molecule has 0 saturated heterocycles. The van der Waals surface area contributed by atoms with Crippen molar-refractivity contribution < 1.29 is 18.4 Å². The molecule has 1 unspecified atom stereocenters. The first-order valence-corrected chi connectivity index (χ1v) is 8.94. The second-order valence-electron chi connectivity index (χ2n) is 5.11. The lowest BCUT2D eigenvalue weighted by atomic mass is 10.2. The topological polar surface area (TPSA) is 86.7 Å². The summed E-state index contributed by atoms with van der Waals surface area (Å²) in [5.74, 6) is -0.832. The molecular formula is C16H17ClN2O4S. The SMILES string of the molecule is CC(C(=O)NO)N(Cc1ccccc1Cl)S(=O)(=O)c1ccccc1. The Balaban J connectivity index is 2.47. The molecule has 0 heterocycles. The number of amides is 1. The molecule has 8 heteroatoms. The summed E-state index contributed by atoms with van der Waals surface area (Å²) in [5, 5.41) is 9.26. The van der Waals surface area contributed by atoms with Gasteiger partial charge in [0.15, 0.2) is 0 Å². The summed E-state index contributed by atoms with van der Waals surface area (Å²) < 4.78 is 26.9. The molecule has 0 aliphatic carbocycles. The molecule has 0 saturated carbocycles. The molecule has 1 atom stereocenters. The van der Waals surface area contributed by atoms with Gasteiger partial charge in [0, 0.05) is 11.6 Å². The van der Waals surface area contributed by atoms with Crippen molar-refractivity contribution in [2.45, 2.75) is 24.4 Å². The van der Waals surface area contributed by atoms with E-state index in [1.165, 1.54) is 24.5 Å². The van der Waals surface area contributed by atoms with Crippen LogP contribution in [0, 0.1) is 0 Å². The van der Waals surface area contributed by atoms with Gasteiger partial charge < -0.3 is 0 Å². The third kappa shape index (κ3) is 3.93. The van der Waals surface area contributed by atoms with E-state index in [0.717, 1.165) is 4.31 Å². The van der Waals surface area contributed by atoms with Gasteiger partial charge in [0.05, 0.1) is 4.90 Å². The van der Waals surface area contributed by atoms with Crippen molar-refractivity contribution in [3.63, 3.8) is 0 Å². The van der Waals surface area contributed by atoms with Gasteiger partial charge in [0.2, 0.25) is 10.0 Å². The summed E-state index contributed by atoms with van der Waals surface area (Å²) in [5.41, 5.74) is 2.04. The third-order valence-electron chi connectivity index (χ3n) is 3.56. The van der Waals surface area contributed by atoms with Gasteiger partial charge in [-0.25, -0.2) is 13.9 Å². The summed E-state index contributed by atoms with van der Waals surface area (Å²) in [4.78, 5) is 11.9. The maximum absolute atomic E-state index is 12.9. The smallest absolute Gasteiger partial charge is 0.261 e. The number of nitrogens with one attached hydrogen (secondary N) is 1. The van der Waals surface area contributed by atoms with Crippen LogP contribution in [0.1, 0.15) is 12.5 Å². The van der Waals surface area contributed by atoms with Crippen molar-refractivity contribution in [2.24, 2.45) is 0 Å². The predicted molar refractivity (Wildman–Crippen MR) is 90.0 cm³/mol. The minimum absolute atomic E-state index is 0.0506. The molecule has 128 valence electrons. The van der Waals surface area contributed by atoms with E-state index in [2.05, 4.69) is 0 Å². The van der Waals surface area contributed by atoms with E-state index >= 15 is 0 Å². The largest absolute Gasteiger partial charge is 0.289 e. The fraction of sp³-hybridized carbons (Fsp3) is 0.188. The highest BCUT2D eigenvalue weighted by Gasteiger charge is 2.33. The predicted octanol–water partition coefficient (Wildman–Crippen LogP) is 2.42. The van der Waals surface area contributed by atoms with Crippen LogP contribution in [-0.4, -0.2) is 29.9 Å². The molecule has 2 aromatic rings. The molecular weight excluding hydrogens is 352 g/mol. The van der Waals surface area contributed by atoms with Crippen LogP contribution in [0.2, 0.25) is 5.02 Å². The van der Waals surface area contributed by atoms with E-state index in [-0.39, 0.29) is 11.4 Å². The van der Waals surface area contributed by atoms with E-state index < -0.39 is 22.0 Å². The highest BCUT2D eigenvalue weighted by Crippen LogP contribution is 2.24.